The van der Waals surface area contributed by atoms with Crippen molar-refractivity contribution in [1.29, 1.82) is 0 Å². The Hall–Kier alpha value is -3.42. The van der Waals surface area contributed by atoms with Crippen molar-refractivity contribution in [3.05, 3.63) is 54.8 Å². The molecule has 1 saturated carbocycles. The monoisotopic (exact) mass is 447 g/mol. The second-order valence-electron chi connectivity index (χ2n) is 8.67. The van der Waals surface area contributed by atoms with Crippen molar-refractivity contribution in [2.24, 2.45) is 0 Å². The van der Waals surface area contributed by atoms with Crippen LogP contribution in [-0.4, -0.2) is 57.5 Å². The van der Waals surface area contributed by atoms with Crippen molar-refractivity contribution in [3.8, 4) is 17.1 Å². The van der Waals surface area contributed by atoms with E-state index >= 15 is 0 Å². The molecule has 8 nitrogen and oxygen atoms in total. The number of oxazole rings is 1. The summed E-state index contributed by atoms with van der Waals surface area (Å²) in [7, 11) is 0. The summed E-state index contributed by atoms with van der Waals surface area (Å²) in [6.07, 6.45) is 11.5. The molecule has 1 aliphatic heterocycles. The lowest BCUT2D eigenvalue weighted by Crippen LogP contribution is -2.48. The third kappa shape index (κ3) is 4.84. The minimum atomic E-state index is 0.119. The molecular formula is C25H29N5O3. The van der Waals surface area contributed by atoms with Gasteiger partial charge in [-0.2, -0.15) is 0 Å². The van der Waals surface area contributed by atoms with Crippen LogP contribution in [0.2, 0.25) is 0 Å². The van der Waals surface area contributed by atoms with Crippen LogP contribution in [0.1, 0.15) is 49.4 Å². The van der Waals surface area contributed by atoms with Crippen LogP contribution in [0.25, 0.3) is 11.3 Å². The molecule has 5 rings (SSSR count). The van der Waals surface area contributed by atoms with Gasteiger partial charge in [-0.25, -0.2) is 15.0 Å². The fraction of sp³-hybridized carbons (Fsp3) is 0.440. The smallest absolute Gasteiger partial charge is 0.254 e. The largest absolute Gasteiger partial charge is 0.490 e. The second kappa shape index (κ2) is 9.60. The van der Waals surface area contributed by atoms with E-state index in [0.717, 1.165) is 62.3 Å². The summed E-state index contributed by atoms with van der Waals surface area (Å²) in [6, 6.07) is 8.22. The number of hydrogen-bond donors (Lipinski definition) is 0. The molecule has 2 aromatic heterocycles. The first-order valence-corrected chi connectivity index (χ1v) is 11.7. The Bertz CT molecular complexity index is 1040. The Morgan fingerprint density at radius 3 is 2.36 bits per heavy atom. The number of piperidine rings is 1. The van der Waals surface area contributed by atoms with E-state index in [9.17, 15) is 4.79 Å². The van der Waals surface area contributed by atoms with Crippen molar-refractivity contribution in [2.75, 3.05) is 24.6 Å². The van der Waals surface area contributed by atoms with E-state index in [-0.39, 0.29) is 11.9 Å². The number of carbonyl (C=O) groups excluding carboxylic acids is 1. The van der Waals surface area contributed by atoms with Gasteiger partial charge in [0.05, 0.1) is 25.2 Å². The number of rotatable bonds is 8. The maximum absolute atomic E-state index is 13.4. The molecule has 2 fully saturated rings. The van der Waals surface area contributed by atoms with Gasteiger partial charge >= 0.3 is 0 Å². The molecule has 0 unspecified atom stereocenters. The first-order chi connectivity index (χ1) is 16.2. The number of nitrogens with zero attached hydrogens (tertiary/aromatic N) is 5. The molecule has 3 heterocycles. The summed E-state index contributed by atoms with van der Waals surface area (Å²) in [5.74, 6) is 2.25. The van der Waals surface area contributed by atoms with Gasteiger partial charge in [0.2, 0.25) is 5.95 Å². The summed E-state index contributed by atoms with van der Waals surface area (Å²) in [4.78, 5) is 30.7. The Labute approximate surface area is 193 Å². The molecular weight excluding hydrogens is 418 g/mol. The molecule has 3 aromatic rings. The summed E-state index contributed by atoms with van der Waals surface area (Å²) >= 11 is 0. The average molecular weight is 448 g/mol. The van der Waals surface area contributed by atoms with E-state index < -0.39 is 0 Å². The number of hydrogen-bond acceptors (Lipinski definition) is 7. The third-order valence-corrected chi connectivity index (χ3v) is 6.25. The number of aromatic nitrogens is 3. The van der Waals surface area contributed by atoms with Gasteiger partial charge in [-0.15, -0.1) is 0 Å². The predicted molar refractivity (Wildman–Crippen MR) is 124 cm³/mol. The highest BCUT2D eigenvalue weighted by molar-refractivity contribution is 5.95. The fourth-order valence-corrected chi connectivity index (χ4v) is 4.38. The van der Waals surface area contributed by atoms with Gasteiger partial charge < -0.3 is 19.0 Å². The maximum atomic E-state index is 13.4. The lowest BCUT2D eigenvalue weighted by molar-refractivity contribution is 0.0630. The zero-order valence-corrected chi connectivity index (χ0v) is 18.9. The van der Waals surface area contributed by atoms with Crippen LogP contribution in [0, 0.1) is 0 Å². The quantitative estimate of drug-likeness (QED) is 0.512. The Morgan fingerprint density at radius 1 is 1.06 bits per heavy atom. The first-order valence-electron chi connectivity index (χ1n) is 11.7. The van der Waals surface area contributed by atoms with Gasteiger partial charge in [-0.1, -0.05) is 19.1 Å². The van der Waals surface area contributed by atoms with Gasteiger partial charge in [0.15, 0.2) is 17.9 Å². The topological polar surface area (TPSA) is 84.6 Å². The number of anilines is 1. The second-order valence-corrected chi connectivity index (χ2v) is 8.67. The van der Waals surface area contributed by atoms with Gasteiger partial charge in [-0.3, -0.25) is 4.79 Å². The zero-order chi connectivity index (χ0) is 22.6. The van der Waals surface area contributed by atoms with Crippen LogP contribution in [0.5, 0.6) is 5.75 Å². The standard InChI is InChI=1S/C25H29N5O3/c1-2-13-32-22-14-27-25(28-15-22)29-11-9-21(10-12-29)30(20-7-8-20)24(31)19-5-3-18(4-6-19)23-16-26-17-33-23/h3-6,14-17,20-21H,2,7-13H2,1H3. The first kappa shape index (κ1) is 21.4. The minimum absolute atomic E-state index is 0.119. The van der Waals surface area contributed by atoms with Crippen LogP contribution in [0.3, 0.4) is 0 Å². The Morgan fingerprint density at radius 2 is 1.76 bits per heavy atom. The summed E-state index contributed by atoms with van der Waals surface area (Å²) in [6.45, 7) is 4.41. The number of ether oxygens (including phenoxy) is 1. The van der Waals surface area contributed by atoms with Crippen molar-refractivity contribution < 1.29 is 13.9 Å². The van der Waals surface area contributed by atoms with E-state index in [1.807, 2.05) is 24.3 Å². The van der Waals surface area contributed by atoms with Crippen molar-refractivity contribution in [1.82, 2.24) is 19.9 Å². The zero-order valence-electron chi connectivity index (χ0n) is 18.9. The molecule has 1 amide bonds. The molecule has 0 radical (unpaired) electrons. The van der Waals surface area contributed by atoms with Crippen LogP contribution in [0.4, 0.5) is 5.95 Å². The lowest BCUT2D eigenvalue weighted by atomic mass is 10.0. The summed E-state index contributed by atoms with van der Waals surface area (Å²) in [5.41, 5.74) is 1.64. The highest BCUT2D eigenvalue weighted by Crippen LogP contribution is 2.34. The van der Waals surface area contributed by atoms with Crippen molar-refractivity contribution in [3.63, 3.8) is 0 Å². The highest BCUT2D eigenvalue weighted by Gasteiger charge is 2.39. The Kier molecular flexibility index (Phi) is 6.24. The van der Waals surface area contributed by atoms with E-state index in [2.05, 4.69) is 31.7 Å². The lowest BCUT2D eigenvalue weighted by Gasteiger charge is -2.39. The van der Waals surface area contributed by atoms with Gasteiger partial charge in [0.1, 0.15) is 0 Å². The molecule has 0 spiro atoms. The third-order valence-electron chi connectivity index (χ3n) is 6.25. The molecule has 2 aliphatic rings. The molecule has 1 saturated heterocycles. The van der Waals surface area contributed by atoms with E-state index in [4.69, 9.17) is 9.15 Å². The summed E-state index contributed by atoms with van der Waals surface area (Å²) in [5, 5.41) is 0. The molecule has 1 aromatic carbocycles. The van der Waals surface area contributed by atoms with Crippen LogP contribution in [0.15, 0.2) is 53.7 Å². The number of benzene rings is 1. The van der Waals surface area contributed by atoms with E-state index in [1.165, 1.54) is 6.39 Å². The van der Waals surface area contributed by atoms with Crippen LogP contribution < -0.4 is 9.64 Å². The van der Waals surface area contributed by atoms with Gasteiger partial charge in [-0.05, 0) is 44.2 Å². The molecule has 0 N–H and O–H groups in total. The van der Waals surface area contributed by atoms with E-state index in [0.29, 0.717) is 24.2 Å². The van der Waals surface area contributed by atoms with Crippen molar-refractivity contribution in [2.45, 2.75) is 51.1 Å². The van der Waals surface area contributed by atoms with Gasteiger partial charge in [0, 0.05) is 36.3 Å². The normalized spacial score (nSPS) is 16.6. The SMILES string of the molecule is CCCOc1cnc(N2CCC(N(C(=O)c3ccc(-c4cnco4)cc3)C3CC3)CC2)nc1. The average Bonchev–Trinajstić information content (AvgIpc) is 3.54. The molecule has 1 aliphatic carbocycles. The number of amides is 1. The minimum Gasteiger partial charge on any atom is -0.490 e. The van der Waals surface area contributed by atoms with Crippen LogP contribution in [-0.2, 0) is 0 Å². The Balaban J connectivity index is 1.22. The molecule has 0 bridgehead atoms. The highest BCUT2D eigenvalue weighted by atomic mass is 16.5. The van der Waals surface area contributed by atoms with E-state index in [1.54, 1.807) is 18.6 Å². The predicted octanol–water partition coefficient (Wildman–Crippen LogP) is 4.19. The maximum Gasteiger partial charge on any atom is 0.254 e. The van der Waals surface area contributed by atoms with Crippen LogP contribution >= 0.6 is 0 Å². The summed E-state index contributed by atoms with van der Waals surface area (Å²) < 4.78 is 10.9. The van der Waals surface area contributed by atoms with Gasteiger partial charge in [0.25, 0.3) is 5.91 Å². The molecule has 33 heavy (non-hydrogen) atoms. The molecule has 8 heteroatoms. The number of carbonyl (C=O) groups is 1. The molecule has 172 valence electrons. The molecule has 0 atom stereocenters. The van der Waals surface area contributed by atoms with Crippen molar-refractivity contribution >= 4 is 11.9 Å². The fourth-order valence-electron chi connectivity index (χ4n) is 4.38.